The smallest absolute Gasteiger partial charge is 0.338 e. The molecule has 1 atom stereocenters. The largest absolute Gasteiger partial charge is 0.459 e. The number of esters is 1. The molecular formula is C18H21ClN2O3. The second kappa shape index (κ2) is 6.85. The van der Waals surface area contributed by atoms with Crippen LogP contribution in [0.3, 0.4) is 0 Å². The molecule has 0 unspecified atom stereocenters. The number of ether oxygens (including phenoxy) is 1. The monoisotopic (exact) mass is 348 g/mol. The Morgan fingerprint density at radius 1 is 1.25 bits per heavy atom. The first-order valence-corrected chi connectivity index (χ1v) is 8.56. The average molecular weight is 349 g/mol. The normalized spacial score (nSPS) is 21.9. The van der Waals surface area contributed by atoms with E-state index in [0.717, 1.165) is 31.2 Å². The van der Waals surface area contributed by atoms with Crippen molar-refractivity contribution in [3.05, 3.63) is 46.1 Å². The lowest BCUT2D eigenvalue weighted by molar-refractivity contribution is -0.144. The summed E-state index contributed by atoms with van der Waals surface area (Å²) in [4.78, 5) is 26.4. The van der Waals surface area contributed by atoms with Crippen molar-refractivity contribution in [2.45, 2.75) is 44.8 Å². The minimum absolute atomic E-state index is 0.0217. The molecule has 128 valence electrons. The van der Waals surface area contributed by atoms with Crippen molar-refractivity contribution in [3.63, 3.8) is 0 Å². The van der Waals surface area contributed by atoms with Gasteiger partial charge in [0.25, 0.3) is 0 Å². The predicted octanol–water partition coefficient (Wildman–Crippen LogP) is 3.80. The number of urea groups is 1. The molecule has 2 amide bonds. The summed E-state index contributed by atoms with van der Waals surface area (Å²) >= 11 is 5.94. The Hall–Kier alpha value is -2.01. The second-order valence-electron chi connectivity index (χ2n) is 6.30. The van der Waals surface area contributed by atoms with E-state index in [4.69, 9.17) is 16.3 Å². The van der Waals surface area contributed by atoms with E-state index in [1.54, 1.807) is 26.1 Å². The zero-order valence-corrected chi connectivity index (χ0v) is 14.6. The van der Waals surface area contributed by atoms with Crippen LogP contribution in [0.25, 0.3) is 0 Å². The number of allylic oxidation sites excluding steroid dienone is 1. The number of nitrogens with one attached hydrogen (secondary N) is 1. The number of hydrogen-bond acceptors (Lipinski definition) is 3. The molecule has 1 saturated carbocycles. The van der Waals surface area contributed by atoms with E-state index in [1.165, 1.54) is 4.90 Å². The number of nitrogens with zero attached hydrogens (tertiary/aromatic N) is 1. The summed E-state index contributed by atoms with van der Waals surface area (Å²) in [5.41, 5.74) is 1.89. The molecular weight excluding hydrogens is 328 g/mol. The molecule has 6 heteroatoms. The van der Waals surface area contributed by atoms with Gasteiger partial charge in [-0.3, -0.25) is 0 Å². The van der Waals surface area contributed by atoms with E-state index in [-0.39, 0.29) is 18.1 Å². The number of rotatable bonds is 3. The van der Waals surface area contributed by atoms with Gasteiger partial charge >= 0.3 is 12.0 Å². The zero-order valence-electron chi connectivity index (χ0n) is 13.8. The van der Waals surface area contributed by atoms with Crippen molar-refractivity contribution >= 4 is 23.6 Å². The summed E-state index contributed by atoms with van der Waals surface area (Å²) in [6.07, 6.45) is 3.98. The zero-order chi connectivity index (χ0) is 17.3. The van der Waals surface area contributed by atoms with E-state index < -0.39 is 6.04 Å². The molecule has 0 saturated heterocycles. The van der Waals surface area contributed by atoms with Crippen LogP contribution in [0, 0.1) is 0 Å². The van der Waals surface area contributed by atoms with E-state index in [9.17, 15) is 9.59 Å². The average Bonchev–Trinajstić information content (AvgIpc) is 3.05. The third kappa shape index (κ3) is 3.26. The highest BCUT2D eigenvalue weighted by Crippen LogP contribution is 2.32. The fourth-order valence-electron chi connectivity index (χ4n) is 3.23. The summed E-state index contributed by atoms with van der Waals surface area (Å²) in [5, 5.41) is 3.48. The molecule has 1 aromatic carbocycles. The van der Waals surface area contributed by atoms with Crippen LogP contribution in [0.15, 0.2) is 35.5 Å². The predicted molar refractivity (Wildman–Crippen MR) is 91.5 cm³/mol. The number of halogens is 1. The maximum absolute atomic E-state index is 12.8. The SMILES string of the molecule is CC1=C(C(=O)OC2CCCC2)[C@H](c2ccc(Cl)cc2)NC(=O)N1C. The van der Waals surface area contributed by atoms with Crippen LogP contribution in [-0.2, 0) is 9.53 Å². The lowest BCUT2D eigenvalue weighted by Crippen LogP contribution is -2.46. The lowest BCUT2D eigenvalue weighted by atomic mass is 9.95. The molecule has 0 bridgehead atoms. The maximum atomic E-state index is 12.8. The molecule has 2 aliphatic rings. The number of carbonyl (C=O) groups excluding carboxylic acids is 2. The Labute approximate surface area is 146 Å². The second-order valence-corrected chi connectivity index (χ2v) is 6.74. The molecule has 0 spiro atoms. The van der Waals surface area contributed by atoms with Gasteiger partial charge in [-0.05, 0) is 50.3 Å². The van der Waals surface area contributed by atoms with Crippen LogP contribution in [0.5, 0.6) is 0 Å². The van der Waals surface area contributed by atoms with Crippen LogP contribution in [0.4, 0.5) is 4.79 Å². The third-order valence-corrected chi connectivity index (χ3v) is 5.01. The van der Waals surface area contributed by atoms with Gasteiger partial charge < -0.3 is 15.0 Å². The lowest BCUT2D eigenvalue weighted by Gasteiger charge is -2.33. The van der Waals surface area contributed by atoms with E-state index in [1.807, 2.05) is 12.1 Å². The Morgan fingerprint density at radius 3 is 2.50 bits per heavy atom. The number of benzene rings is 1. The van der Waals surface area contributed by atoms with Crippen LogP contribution in [-0.4, -0.2) is 30.1 Å². The topological polar surface area (TPSA) is 58.6 Å². The fraction of sp³-hybridized carbons (Fsp3) is 0.444. The highest BCUT2D eigenvalue weighted by atomic mass is 35.5. The first-order chi connectivity index (χ1) is 11.5. The summed E-state index contributed by atoms with van der Waals surface area (Å²) in [6.45, 7) is 1.77. The van der Waals surface area contributed by atoms with Crippen LogP contribution >= 0.6 is 11.6 Å². The Bertz CT molecular complexity index is 678. The number of carbonyl (C=O) groups is 2. The van der Waals surface area contributed by atoms with E-state index in [0.29, 0.717) is 16.3 Å². The minimum Gasteiger partial charge on any atom is -0.459 e. The van der Waals surface area contributed by atoms with Crippen LogP contribution in [0.1, 0.15) is 44.2 Å². The van der Waals surface area contributed by atoms with Gasteiger partial charge in [-0.1, -0.05) is 23.7 Å². The van der Waals surface area contributed by atoms with Gasteiger partial charge in [0.1, 0.15) is 6.10 Å². The van der Waals surface area contributed by atoms with E-state index >= 15 is 0 Å². The van der Waals surface area contributed by atoms with Crippen molar-refractivity contribution in [2.24, 2.45) is 0 Å². The fourth-order valence-corrected chi connectivity index (χ4v) is 3.35. The van der Waals surface area contributed by atoms with Crippen LogP contribution < -0.4 is 5.32 Å². The molecule has 5 nitrogen and oxygen atoms in total. The van der Waals surface area contributed by atoms with Crippen molar-refractivity contribution in [1.82, 2.24) is 10.2 Å². The maximum Gasteiger partial charge on any atom is 0.338 e. The summed E-state index contributed by atoms with van der Waals surface area (Å²) in [7, 11) is 1.64. The van der Waals surface area contributed by atoms with Crippen molar-refractivity contribution in [2.75, 3.05) is 7.05 Å². The highest BCUT2D eigenvalue weighted by molar-refractivity contribution is 6.30. The molecule has 1 aromatic rings. The van der Waals surface area contributed by atoms with Crippen LogP contribution in [0.2, 0.25) is 5.02 Å². The molecule has 1 fully saturated rings. The molecule has 1 N–H and O–H groups in total. The standard InChI is InChI=1S/C18H21ClN2O3/c1-11-15(17(22)24-14-5-3-4-6-14)16(20-18(23)21(11)2)12-7-9-13(19)10-8-12/h7-10,14,16H,3-6H2,1-2H3,(H,20,23)/t16-/m0/s1. The highest BCUT2D eigenvalue weighted by Gasteiger charge is 2.36. The quantitative estimate of drug-likeness (QED) is 0.845. The van der Waals surface area contributed by atoms with Gasteiger partial charge in [0.05, 0.1) is 11.6 Å². The van der Waals surface area contributed by atoms with Gasteiger partial charge in [0.2, 0.25) is 0 Å². The third-order valence-electron chi connectivity index (χ3n) is 4.75. The molecule has 1 heterocycles. The molecule has 0 aromatic heterocycles. The molecule has 0 radical (unpaired) electrons. The van der Waals surface area contributed by atoms with Gasteiger partial charge in [-0.2, -0.15) is 0 Å². The van der Waals surface area contributed by atoms with Gasteiger partial charge in [0.15, 0.2) is 0 Å². The Morgan fingerprint density at radius 2 is 1.88 bits per heavy atom. The van der Waals surface area contributed by atoms with Gasteiger partial charge in [0, 0.05) is 17.8 Å². The number of amides is 2. The van der Waals surface area contributed by atoms with Crippen molar-refractivity contribution in [3.8, 4) is 0 Å². The first-order valence-electron chi connectivity index (χ1n) is 8.19. The molecule has 1 aliphatic heterocycles. The summed E-state index contributed by atoms with van der Waals surface area (Å²) < 4.78 is 5.68. The molecule has 24 heavy (non-hydrogen) atoms. The first kappa shape index (κ1) is 16.8. The van der Waals surface area contributed by atoms with Gasteiger partial charge in [-0.25, -0.2) is 9.59 Å². The van der Waals surface area contributed by atoms with Crippen molar-refractivity contribution in [1.29, 1.82) is 0 Å². The van der Waals surface area contributed by atoms with Crippen molar-refractivity contribution < 1.29 is 14.3 Å². The minimum atomic E-state index is -0.528. The van der Waals surface area contributed by atoms with E-state index in [2.05, 4.69) is 5.32 Å². The Kier molecular flexibility index (Phi) is 4.81. The Balaban J connectivity index is 1.93. The molecule has 3 rings (SSSR count). The summed E-state index contributed by atoms with van der Waals surface area (Å²) in [5.74, 6) is -0.355. The summed E-state index contributed by atoms with van der Waals surface area (Å²) in [6, 6.07) is 6.35. The van der Waals surface area contributed by atoms with Gasteiger partial charge in [-0.15, -0.1) is 0 Å². The number of hydrogen-bond donors (Lipinski definition) is 1. The molecule has 1 aliphatic carbocycles.